The van der Waals surface area contributed by atoms with E-state index in [9.17, 15) is 42.3 Å². The molecule has 10 aromatic rings. The number of esters is 3. The van der Waals surface area contributed by atoms with Gasteiger partial charge in [-0.05, 0) is 84.2 Å². The lowest BCUT2D eigenvalue weighted by Crippen LogP contribution is -2.43. The summed E-state index contributed by atoms with van der Waals surface area (Å²) in [7, 11) is -2.42. The second-order valence-electron chi connectivity index (χ2n) is 30.5. The van der Waals surface area contributed by atoms with E-state index >= 15 is 0 Å². The molecule has 0 aliphatic rings. The van der Waals surface area contributed by atoms with Crippen molar-refractivity contribution >= 4 is 170 Å². The van der Waals surface area contributed by atoms with Crippen molar-refractivity contribution in [2.75, 3.05) is 164 Å². The number of anilines is 8. The number of ketones is 1. The molecule has 0 bridgehead atoms. The van der Waals surface area contributed by atoms with Gasteiger partial charge in [-0.1, -0.05) is 90.3 Å². The summed E-state index contributed by atoms with van der Waals surface area (Å²) in [6, 6.07) is 14.6. The number of imidazole rings is 4. The first kappa shape index (κ1) is 118. The molecule has 0 spiro atoms. The van der Waals surface area contributed by atoms with E-state index in [-0.39, 0.29) is 113 Å². The van der Waals surface area contributed by atoms with Gasteiger partial charge < -0.3 is 130 Å². The van der Waals surface area contributed by atoms with Gasteiger partial charge in [0.05, 0.1) is 77.6 Å². The summed E-state index contributed by atoms with van der Waals surface area (Å²) in [5.41, 5.74) is 38.1. The fraction of sp³-hybridized carbons (Fsp3) is 0.544. The minimum atomic E-state index is -4.15. The predicted octanol–water partition coefficient (Wildman–Crippen LogP) is 7.76. The molecule has 55 heteroatoms. The van der Waals surface area contributed by atoms with Crippen LogP contribution in [0.25, 0.3) is 44.7 Å². The summed E-state index contributed by atoms with van der Waals surface area (Å²) >= 11 is 0. The van der Waals surface area contributed by atoms with Crippen LogP contribution in [0.15, 0.2) is 86.0 Å². The van der Waals surface area contributed by atoms with Crippen molar-refractivity contribution in [1.82, 2.24) is 93.3 Å². The molecule has 19 N–H and O–H groups in total. The summed E-state index contributed by atoms with van der Waals surface area (Å²) in [6.07, 6.45) is 10.0. The molecule has 0 amide bonds. The molecule has 0 aliphatic carbocycles. The Bertz CT molecular complexity index is 5400. The number of ether oxygens (including phenoxy) is 7. The summed E-state index contributed by atoms with van der Waals surface area (Å²) in [5, 5.41) is 11.3. The highest BCUT2D eigenvalue weighted by molar-refractivity contribution is 7.59. The maximum absolute atomic E-state index is 13.8. The van der Waals surface area contributed by atoms with Crippen LogP contribution in [0.1, 0.15) is 108 Å². The zero-order valence-corrected chi connectivity index (χ0v) is 83.9. The number of fused-ring (bicyclic) bond motifs is 4. The summed E-state index contributed by atoms with van der Waals surface area (Å²) in [5.74, 6) is 2.06. The van der Waals surface area contributed by atoms with Crippen molar-refractivity contribution < 1.29 is 94.3 Å². The highest BCUT2D eigenvalue weighted by Gasteiger charge is 2.34. The number of halogens is 2. The van der Waals surface area contributed by atoms with Crippen LogP contribution in [0, 0.1) is 0 Å². The van der Waals surface area contributed by atoms with E-state index in [0.717, 1.165) is 38.5 Å². The molecule has 8 aromatic heterocycles. The van der Waals surface area contributed by atoms with Crippen LogP contribution < -0.4 is 78.7 Å². The molecule has 2 aromatic carbocycles. The summed E-state index contributed by atoms with van der Waals surface area (Å²) < 4.78 is 105. The average Bonchev–Trinajstić information content (AvgIpc) is 1.65. The number of hydrogen-bond acceptors (Lipinski definition) is 39. The van der Waals surface area contributed by atoms with E-state index in [1.54, 1.807) is 148 Å². The first-order valence-electron chi connectivity index (χ1n) is 42.2. The van der Waals surface area contributed by atoms with Crippen molar-refractivity contribution in [3.63, 3.8) is 0 Å². The molecule has 0 saturated heterocycles. The van der Waals surface area contributed by atoms with Crippen LogP contribution >= 0.6 is 55.0 Å². The molecule has 10 rings (SSSR count). The lowest BCUT2D eigenvalue weighted by molar-refractivity contribution is -0.146. The van der Waals surface area contributed by atoms with Gasteiger partial charge >= 0.3 is 40.6 Å². The Balaban J connectivity index is 0.000000443. The number of para-hydroxylation sites is 2. The zero-order valence-electron chi connectivity index (χ0n) is 78.7. The van der Waals surface area contributed by atoms with E-state index in [4.69, 9.17) is 86.4 Å². The third-order valence-corrected chi connectivity index (χ3v) is 22.9. The van der Waals surface area contributed by atoms with E-state index in [1.165, 1.54) is 6.92 Å². The van der Waals surface area contributed by atoms with E-state index < -0.39 is 79.0 Å². The maximum Gasteiger partial charge on any atom is 0.402 e. The third-order valence-electron chi connectivity index (χ3n) is 17.4. The molecule has 134 heavy (non-hydrogen) atoms. The van der Waals surface area contributed by atoms with Crippen LogP contribution in [0.4, 0.5) is 47.1 Å². The number of unbranched alkanes of at least 4 members (excludes halogenated alkanes) is 3. The number of nitrogen functional groups attached to an aromatic ring is 4. The van der Waals surface area contributed by atoms with Gasteiger partial charge in [0.1, 0.15) is 54.5 Å². The van der Waals surface area contributed by atoms with Crippen molar-refractivity contribution in [2.45, 2.75) is 164 Å². The Hall–Kier alpha value is -10.3. The topological polar surface area (TPSA) is 669 Å². The Morgan fingerprint density at radius 3 is 1.09 bits per heavy atom. The van der Waals surface area contributed by atoms with E-state index in [1.807, 2.05) is 83.0 Å². The number of carbonyl (C=O) groups is 4. The van der Waals surface area contributed by atoms with Gasteiger partial charge in [0.15, 0.2) is 74.3 Å². The number of benzene rings is 2. The summed E-state index contributed by atoms with van der Waals surface area (Å²) in [6.45, 7) is 20.8. The minimum Gasteiger partial charge on any atom is -0.465 e. The summed E-state index contributed by atoms with van der Waals surface area (Å²) in [4.78, 5) is 131. The Morgan fingerprint density at radius 2 is 0.754 bits per heavy atom. The van der Waals surface area contributed by atoms with Gasteiger partial charge in [-0.3, -0.25) is 32.9 Å². The number of carbonyl (C=O) groups excluding carboxylic acids is 4. The molecule has 8 heterocycles. The maximum atomic E-state index is 13.8. The van der Waals surface area contributed by atoms with Crippen LogP contribution in [0.5, 0.6) is 11.5 Å². The smallest absolute Gasteiger partial charge is 0.402 e. The van der Waals surface area contributed by atoms with Gasteiger partial charge in [-0.15, -0.1) is 24.8 Å². The van der Waals surface area contributed by atoms with Crippen molar-refractivity contribution in [3.05, 3.63) is 86.0 Å². The molecule has 0 radical (unpaired) electrons. The lowest BCUT2D eigenvalue weighted by atomic mass is 10.3. The monoisotopic (exact) mass is 2000 g/mol. The van der Waals surface area contributed by atoms with Crippen LogP contribution in [0.2, 0.25) is 0 Å². The quantitative estimate of drug-likeness (QED) is 0.00749. The number of nitrogens with two attached hydrogens (primary N) is 6. The van der Waals surface area contributed by atoms with Gasteiger partial charge in [0.2, 0.25) is 31.2 Å². The second-order valence-corrected chi connectivity index (χ2v) is 38.1. The largest absolute Gasteiger partial charge is 0.465 e. The van der Waals surface area contributed by atoms with Crippen LogP contribution in [-0.4, -0.2) is 268 Å². The van der Waals surface area contributed by atoms with Crippen molar-refractivity contribution in [3.8, 4) is 11.5 Å². The zero-order chi connectivity index (χ0) is 98.1. The van der Waals surface area contributed by atoms with Gasteiger partial charge in [-0.25, -0.2) is 39.8 Å². The lowest BCUT2D eigenvalue weighted by Gasteiger charge is -2.26. The number of aromatic nitrogens is 16. The molecular weight excluding hydrogens is 1870 g/mol. The molecular formula is C79H133Cl2N29O20P4. The van der Waals surface area contributed by atoms with Crippen LogP contribution in [-0.2, 0) is 96.8 Å². The number of rotatable bonds is 47. The molecule has 6 atom stereocenters. The SMILES string of the molecule is CC(C)N.CCCCOC(=O)[C@H](C)N.CCCCOC(=O)[C@H](C)NP(=O)(COCCn1cnc2c(N(C)C)nc(N)nc21)N[C@@H](C)C(=O)OCCCC.CN(C)c1nc(N)nc2c1ncn2CCOCP(=O)(O)O.CN(C)c1nc(N)nc2c1ncn2CCOCP(=O)(O)Oc1ccccc1.CNc1nc(N)nc2c1ncn2CCOCP(=O)(N[C@@H](C)C(C)=O)Oc1ccccc1.Cl.Cl. The van der Waals surface area contributed by atoms with Gasteiger partial charge in [0, 0.05) is 75.5 Å². The first-order chi connectivity index (χ1) is 62.4. The average molecular weight is 2000 g/mol. The first-order valence-corrected chi connectivity index (χ1v) is 49.5. The van der Waals surface area contributed by atoms with Crippen molar-refractivity contribution in [1.29, 1.82) is 0 Å². The number of nitrogens with zero attached hydrogens (tertiary/aromatic N) is 19. The standard InChI is InChI=1S/C24H43N8O6P.C19H26N7O4P.C16H21N6O4P.C10H17N6O4P.C7H15NO2.C3H9N.2ClH/c1-7-9-12-37-22(33)17(3)29-39(35,30-18(4)23(34)38-13-10-8-2)16-36-14-11-32-15-26-19-20(31(5)6)27-24(25)28-21(19)32;1-13(14(2)27)25-31(28,30-15-7-5-4-6-8-15)12-29-10-9-26-11-22-16-17(21-3)23-19(20)24-18(16)26;1-21(2)14-13-15(20-16(17)19-14)22(10-18-13)8-9-25-11-27(23,24)26-12-6-4-3-5-7-12;1-15(2)8-7-9(14-10(11)13-8)16(5-12-7)3-4-20-6-21(17,18)19;1-3-4-5-10-7(9)6(2)8;1-3(2)4;;/h15,17-18H,7-14,16H2,1-6H3,(H2,25,27,28)(H2,29,30,35);4-8,11,13H,9-10,12H2,1-3H3,(H,25,28)(H3,20,21,23,24);3-7,10H,8-9,11H2,1-2H3,(H,23,24)(H2,17,19,20);5H,3-4,6H2,1-2H3,(H2,11,13,14)(H2,17,18,19);6H,3-5,8H2,1-2H3;3H,4H2,1-2H3;2*1H/t17-,18-;13-,31?;;;6-;;;/m00..0.../s1. The molecule has 0 saturated carbocycles. The Kier molecular flexibility index (Phi) is 51.8. The highest BCUT2D eigenvalue weighted by atomic mass is 35.5. The number of hydrogen-bond donors (Lipinski definition) is 13. The van der Waals surface area contributed by atoms with Gasteiger partial charge in [0.25, 0.3) is 0 Å². The second kappa shape index (κ2) is 58.9. The number of Topliss-reactive ketones (excluding diaryl/α,β-unsaturated/α-hetero) is 1. The number of nitrogens with one attached hydrogen (secondary N) is 4. The van der Waals surface area contributed by atoms with Gasteiger partial charge in [-0.2, -0.15) is 39.9 Å². The molecule has 748 valence electrons. The molecule has 2 unspecified atom stereocenters. The van der Waals surface area contributed by atoms with E-state index in [0.29, 0.717) is 118 Å². The molecule has 0 fully saturated rings. The Labute approximate surface area is 791 Å². The molecule has 49 nitrogen and oxygen atoms in total. The predicted molar refractivity (Wildman–Crippen MR) is 520 cm³/mol. The van der Waals surface area contributed by atoms with E-state index in [2.05, 4.69) is 80.4 Å². The third kappa shape index (κ3) is 41.1. The highest BCUT2D eigenvalue weighted by Crippen LogP contribution is 2.45. The Morgan fingerprint density at radius 1 is 0.433 bits per heavy atom. The minimum absolute atomic E-state index is 0. The fourth-order valence-corrected chi connectivity index (χ4v) is 16.0. The van der Waals surface area contributed by atoms with Crippen molar-refractivity contribution in [2.24, 2.45) is 11.5 Å². The van der Waals surface area contributed by atoms with Crippen LogP contribution in [0.3, 0.4) is 0 Å². The molecule has 0 aliphatic heterocycles. The fourth-order valence-electron chi connectivity index (χ4n) is 10.9. The normalized spacial score (nSPS) is 12.9.